The molecule has 4 nitrogen and oxygen atoms in total. The van der Waals surface area contributed by atoms with Gasteiger partial charge in [-0.2, -0.15) is 0 Å². The van der Waals surface area contributed by atoms with Gasteiger partial charge in [0.2, 0.25) is 0 Å². The van der Waals surface area contributed by atoms with Crippen molar-refractivity contribution in [2.45, 2.75) is 26.8 Å². The second-order valence-electron chi connectivity index (χ2n) is 5.78. The van der Waals surface area contributed by atoms with E-state index in [4.69, 9.17) is 16.6 Å². The van der Waals surface area contributed by atoms with E-state index in [-0.39, 0.29) is 6.04 Å². The number of fused-ring (bicyclic) bond motifs is 3. The first-order chi connectivity index (χ1) is 12.1. The molecule has 3 heterocycles. The van der Waals surface area contributed by atoms with Crippen LogP contribution in [0.3, 0.4) is 0 Å². The van der Waals surface area contributed by atoms with Crippen LogP contribution in [0.5, 0.6) is 0 Å². The van der Waals surface area contributed by atoms with E-state index in [1.807, 2.05) is 45.0 Å². The first kappa shape index (κ1) is 16.1. The number of halogens is 1. The zero-order chi connectivity index (χ0) is 17.6. The van der Waals surface area contributed by atoms with E-state index in [1.165, 1.54) is 0 Å². The molecule has 2 aromatic heterocycles. The number of hydrogen-bond acceptors (Lipinski definition) is 4. The maximum atomic E-state index is 6.47. The van der Waals surface area contributed by atoms with Gasteiger partial charge in [-0.3, -0.25) is 9.56 Å². The number of thiophene rings is 1. The summed E-state index contributed by atoms with van der Waals surface area (Å²) in [5.74, 6) is 7.80. The molecule has 25 heavy (non-hydrogen) atoms. The van der Waals surface area contributed by atoms with E-state index in [0.29, 0.717) is 5.02 Å². The van der Waals surface area contributed by atoms with Crippen molar-refractivity contribution in [1.29, 1.82) is 0 Å². The summed E-state index contributed by atoms with van der Waals surface area (Å²) < 4.78 is 2.08. The molecule has 0 bridgehead atoms. The number of nitrogens with zero attached hydrogens (tertiary/aromatic N) is 4. The molecule has 3 aromatic rings. The number of aromatic nitrogens is 3. The van der Waals surface area contributed by atoms with Gasteiger partial charge in [-0.15, -0.1) is 27.5 Å². The molecule has 0 aliphatic carbocycles. The first-order valence-corrected chi connectivity index (χ1v) is 9.11. The number of aliphatic imine (C=N–C) groups is 1. The summed E-state index contributed by atoms with van der Waals surface area (Å²) >= 11 is 8.10. The van der Waals surface area contributed by atoms with Crippen molar-refractivity contribution in [3.8, 4) is 16.8 Å². The Morgan fingerprint density at radius 3 is 2.76 bits per heavy atom. The lowest BCUT2D eigenvalue weighted by Gasteiger charge is -2.08. The van der Waals surface area contributed by atoms with Gasteiger partial charge >= 0.3 is 0 Å². The predicted molar refractivity (Wildman–Crippen MR) is 102 cm³/mol. The minimum absolute atomic E-state index is 0.118. The van der Waals surface area contributed by atoms with Gasteiger partial charge in [0, 0.05) is 16.1 Å². The first-order valence-electron chi connectivity index (χ1n) is 7.92. The fourth-order valence-corrected chi connectivity index (χ4v) is 4.34. The third kappa shape index (κ3) is 2.58. The molecule has 1 aliphatic heterocycles. The highest BCUT2D eigenvalue weighted by atomic mass is 35.5. The molecule has 0 spiro atoms. The SMILES string of the molecule is CC#Cc1cc2c(s1)-n1c(C)nnc1C(C)N=C2c1ccccc1Cl. The van der Waals surface area contributed by atoms with Crippen LogP contribution >= 0.6 is 22.9 Å². The molecule has 124 valence electrons. The van der Waals surface area contributed by atoms with Crippen molar-refractivity contribution in [3.05, 3.63) is 63.0 Å². The quantitative estimate of drug-likeness (QED) is 0.592. The zero-order valence-electron chi connectivity index (χ0n) is 14.0. The lowest BCUT2D eigenvalue weighted by atomic mass is 10.0. The predicted octanol–water partition coefficient (Wildman–Crippen LogP) is 4.57. The molecule has 0 radical (unpaired) electrons. The Morgan fingerprint density at radius 1 is 1.20 bits per heavy atom. The Bertz CT molecular complexity index is 1060. The molecule has 0 amide bonds. The Balaban J connectivity index is 2.05. The summed E-state index contributed by atoms with van der Waals surface area (Å²) in [5.41, 5.74) is 2.81. The molecule has 0 saturated heterocycles. The third-order valence-corrected chi connectivity index (χ3v) is 5.46. The van der Waals surface area contributed by atoms with E-state index in [2.05, 4.69) is 32.7 Å². The molecular weight excluding hydrogens is 352 g/mol. The van der Waals surface area contributed by atoms with E-state index in [0.717, 1.165) is 38.4 Å². The monoisotopic (exact) mass is 366 g/mol. The number of aryl methyl sites for hydroxylation is 1. The molecule has 0 fully saturated rings. The van der Waals surface area contributed by atoms with Crippen LogP contribution in [-0.2, 0) is 0 Å². The van der Waals surface area contributed by atoms with Crippen molar-refractivity contribution in [3.63, 3.8) is 0 Å². The molecule has 4 rings (SSSR count). The maximum Gasteiger partial charge on any atom is 0.162 e. The minimum Gasteiger partial charge on any atom is -0.273 e. The highest BCUT2D eigenvalue weighted by Crippen LogP contribution is 2.36. The fraction of sp³-hybridized carbons (Fsp3) is 0.211. The second-order valence-corrected chi connectivity index (χ2v) is 7.22. The third-order valence-electron chi connectivity index (χ3n) is 4.09. The second kappa shape index (κ2) is 6.14. The Hall–Kier alpha value is -2.42. The van der Waals surface area contributed by atoms with Crippen LogP contribution in [0.4, 0.5) is 0 Å². The van der Waals surface area contributed by atoms with E-state index in [1.54, 1.807) is 11.3 Å². The van der Waals surface area contributed by atoms with E-state index < -0.39 is 0 Å². The van der Waals surface area contributed by atoms with Gasteiger partial charge in [-0.25, -0.2) is 0 Å². The van der Waals surface area contributed by atoms with Crippen molar-refractivity contribution in [1.82, 2.24) is 14.8 Å². The highest BCUT2D eigenvalue weighted by molar-refractivity contribution is 7.15. The molecular formula is C19H15ClN4S. The van der Waals surface area contributed by atoms with Gasteiger partial charge in [-0.1, -0.05) is 35.7 Å². The zero-order valence-corrected chi connectivity index (χ0v) is 15.6. The summed E-state index contributed by atoms with van der Waals surface area (Å²) in [5, 5.41) is 10.3. The molecule has 1 unspecified atom stereocenters. The summed E-state index contributed by atoms with van der Waals surface area (Å²) in [6.45, 7) is 5.82. The van der Waals surface area contributed by atoms with Crippen LogP contribution < -0.4 is 0 Å². The van der Waals surface area contributed by atoms with Crippen molar-refractivity contribution >= 4 is 28.6 Å². The molecule has 1 atom stereocenters. The normalized spacial score (nSPS) is 15.5. The van der Waals surface area contributed by atoms with E-state index in [9.17, 15) is 0 Å². The fourth-order valence-electron chi connectivity index (χ4n) is 2.99. The number of rotatable bonds is 1. The average molecular weight is 367 g/mol. The van der Waals surface area contributed by atoms with Crippen LogP contribution in [-0.4, -0.2) is 20.5 Å². The van der Waals surface area contributed by atoms with Crippen molar-refractivity contribution in [2.75, 3.05) is 0 Å². The summed E-state index contributed by atoms with van der Waals surface area (Å²) in [6.07, 6.45) is 0. The van der Waals surface area contributed by atoms with Crippen LogP contribution in [0.15, 0.2) is 35.3 Å². The maximum absolute atomic E-state index is 6.47. The molecule has 1 aromatic carbocycles. The Morgan fingerprint density at radius 2 is 2.00 bits per heavy atom. The largest absolute Gasteiger partial charge is 0.273 e. The smallest absolute Gasteiger partial charge is 0.162 e. The van der Waals surface area contributed by atoms with Gasteiger partial charge in [0.15, 0.2) is 5.82 Å². The van der Waals surface area contributed by atoms with Crippen LogP contribution in [0.25, 0.3) is 5.00 Å². The molecule has 0 N–H and O–H groups in total. The van der Waals surface area contributed by atoms with Crippen molar-refractivity contribution in [2.24, 2.45) is 4.99 Å². The van der Waals surface area contributed by atoms with Gasteiger partial charge in [0.05, 0.1) is 10.6 Å². The van der Waals surface area contributed by atoms with Crippen LogP contribution in [0, 0.1) is 18.8 Å². The Kier molecular flexibility index (Phi) is 3.95. The molecule has 1 aliphatic rings. The van der Waals surface area contributed by atoms with Crippen molar-refractivity contribution < 1.29 is 0 Å². The highest BCUT2D eigenvalue weighted by Gasteiger charge is 2.28. The minimum atomic E-state index is -0.118. The van der Waals surface area contributed by atoms with Gasteiger partial charge in [0.1, 0.15) is 16.9 Å². The molecule has 0 saturated carbocycles. The van der Waals surface area contributed by atoms with E-state index >= 15 is 0 Å². The number of hydrogen-bond donors (Lipinski definition) is 0. The summed E-state index contributed by atoms with van der Waals surface area (Å²) in [7, 11) is 0. The topological polar surface area (TPSA) is 43.1 Å². The van der Waals surface area contributed by atoms with Gasteiger partial charge in [0.25, 0.3) is 0 Å². The van der Waals surface area contributed by atoms with Crippen LogP contribution in [0.2, 0.25) is 5.02 Å². The Labute approximate surface area is 155 Å². The number of benzene rings is 1. The summed E-state index contributed by atoms with van der Waals surface area (Å²) in [6, 6.07) is 9.75. The lowest BCUT2D eigenvalue weighted by Crippen LogP contribution is -2.05. The lowest BCUT2D eigenvalue weighted by molar-refractivity contribution is 0.724. The molecule has 6 heteroatoms. The average Bonchev–Trinajstić information content (AvgIpc) is 3.14. The standard InChI is InChI=1S/C19H15ClN4S/c1-4-7-13-10-15-17(14-8-5-6-9-16(14)20)21-11(2)18-23-22-12(3)24(18)19(15)25-13/h5-6,8-11H,1-3H3. The summed E-state index contributed by atoms with van der Waals surface area (Å²) in [4.78, 5) is 5.93. The van der Waals surface area contributed by atoms with Gasteiger partial charge in [-0.05, 0) is 32.9 Å². The van der Waals surface area contributed by atoms with Gasteiger partial charge < -0.3 is 0 Å². The van der Waals surface area contributed by atoms with Crippen LogP contribution in [0.1, 0.15) is 47.5 Å².